The Labute approximate surface area is 123 Å². The maximum atomic E-state index is 12.4. The van der Waals surface area contributed by atoms with Gasteiger partial charge in [-0.25, -0.2) is 21.2 Å². The van der Waals surface area contributed by atoms with Gasteiger partial charge >= 0.3 is 0 Å². The van der Waals surface area contributed by atoms with Crippen LogP contribution in [-0.2, 0) is 19.7 Å². The van der Waals surface area contributed by atoms with Crippen LogP contribution in [0.15, 0.2) is 58.6 Å². The van der Waals surface area contributed by atoms with Gasteiger partial charge in [0.15, 0.2) is 19.7 Å². The van der Waals surface area contributed by atoms with E-state index in [0.717, 1.165) is 18.6 Å². The highest BCUT2D eigenvalue weighted by Gasteiger charge is 2.06. The van der Waals surface area contributed by atoms with Gasteiger partial charge in [-0.1, -0.05) is 6.07 Å². The van der Waals surface area contributed by atoms with Crippen molar-refractivity contribution in [3.63, 3.8) is 0 Å². The average molecular weight is 331 g/mol. The Morgan fingerprint density at radius 1 is 0.905 bits per heavy atom. The first-order chi connectivity index (χ1) is 9.60. The van der Waals surface area contributed by atoms with E-state index in [4.69, 9.17) is 0 Å². The summed E-state index contributed by atoms with van der Waals surface area (Å²) < 4.78 is 55.7. The summed E-state index contributed by atoms with van der Waals surface area (Å²) >= 11 is 0. The quantitative estimate of drug-likeness (QED) is 0.837. The number of nitrogens with zero attached hydrogens (tertiary/aromatic N) is 1. The van der Waals surface area contributed by atoms with Gasteiger partial charge < -0.3 is 0 Å². The average Bonchev–Trinajstić information content (AvgIpc) is 2.38. The summed E-state index contributed by atoms with van der Waals surface area (Å²) in [6.07, 6.45) is 5.07. The summed E-state index contributed by atoms with van der Waals surface area (Å²) in [4.78, 5) is 3.94. The van der Waals surface area contributed by atoms with Crippen LogP contribution in [0.5, 0.6) is 0 Å². The molecule has 0 saturated carbocycles. The van der Waals surface area contributed by atoms with Crippen molar-refractivity contribution in [2.75, 3.05) is 12.5 Å². The van der Waals surface area contributed by atoms with Crippen LogP contribution in [0.1, 0.15) is 0 Å². The Hall–Kier alpha value is -1.80. The number of pyridine rings is 1. The van der Waals surface area contributed by atoms with E-state index in [9.17, 15) is 21.2 Å². The van der Waals surface area contributed by atoms with Gasteiger partial charge in [-0.3, -0.25) is 4.98 Å². The van der Waals surface area contributed by atoms with E-state index in [1.165, 1.54) is 36.7 Å². The topological polar surface area (TPSA) is 81.2 Å². The molecule has 0 radical (unpaired) electrons. The molecule has 0 aliphatic carbocycles. The van der Waals surface area contributed by atoms with Crippen LogP contribution in [0.3, 0.4) is 0 Å². The predicted octanol–water partition coefficient (Wildman–Crippen LogP) is 1.71. The minimum absolute atomic E-state index is 0.0116. The third kappa shape index (κ3) is 6.01. The van der Waals surface area contributed by atoms with Crippen LogP contribution < -0.4 is 0 Å². The molecule has 0 unspecified atom stereocenters. The van der Waals surface area contributed by atoms with Gasteiger partial charge in [0.2, 0.25) is 0 Å². The van der Waals surface area contributed by atoms with Crippen molar-refractivity contribution in [2.24, 2.45) is 0 Å². The molecule has 0 atom stereocenters. The van der Waals surface area contributed by atoms with E-state index in [2.05, 4.69) is 4.98 Å². The maximum Gasteiger partial charge on any atom is 0.177 e. The molecule has 1 aromatic carbocycles. The number of sulfone groups is 2. The second kappa shape index (κ2) is 6.77. The van der Waals surface area contributed by atoms with Gasteiger partial charge in [-0.05, 0) is 30.3 Å². The van der Waals surface area contributed by atoms with Crippen LogP contribution in [0.2, 0.25) is 0 Å². The molecular weight excluding hydrogens is 317 g/mol. The van der Waals surface area contributed by atoms with E-state index in [-0.39, 0.29) is 9.79 Å². The lowest BCUT2D eigenvalue weighted by atomic mass is 10.4. The third-order valence-electron chi connectivity index (χ3n) is 2.29. The highest BCUT2D eigenvalue weighted by Crippen LogP contribution is 2.09. The number of hydrogen-bond acceptors (Lipinski definition) is 5. The molecule has 0 aliphatic rings. The molecule has 0 N–H and O–H groups in total. The lowest BCUT2D eigenvalue weighted by Crippen LogP contribution is -1.96. The number of rotatable bonds is 2. The molecule has 1 aromatic heterocycles. The number of aromatic nitrogens is 1. The fraction of sp³-hybridized carbons (Fsp3) is 0.154. The van der Waals surface area contributed by atoms with Crippen molar-refractivity contribution in [2.45, 2.75) is 9.79 Å². The standard InChI is InChI=1S/C7H7FO2S.C6H7NO2S/c1-11(9,10)7-4-2-3-6(8)5-7;1-10(8,9)6-3-2-4-7-5-6/h2-5H,1H3;2-5H,1H3. The summed E-state index contributed by atoms with van der Waals surface area (Å²) in [7, 11) is -6.33. The van der Waals surface area contributed by atoms with Gasteiger partial charge in [0.05, 0.1) is 9.79 Å². The van der Waals surface area contributed by atoms with Gasteiger partial charge in [0, 0.05) is 24.9 Å². The van der Waals surface area contributed by atoms with Crippen LogP contribution in [-0.4, -0.2) is 34.3 Å². The van der Waals surface area contributed by atoms with Gasteiger partial charge in [0.25, 0.3) is 0 Å². The van der Waals surface area contributed by atoms with Crippen molar-refractivity contribution in [3.05, 3.63) is 54.6 Å². The predicted molar refractivity (Wildman–Crippen MR) is 76.9 cm³/mol. The summed E-state index contributed by atoms with van der Waals surface area (Å²) in [6, 6.07) is 8.03. The molecular formula is C13H14FNO4S2. The normalized spacial score (nSPS) is 11.4. The fourth-order valence-electron chi connectivity index (χ4n) is 1.26. The van der Waals surface area contributed by atoms with E-state index in [1.807, 2.05) is 0 Å². The van der Waals surface area contributed by atoms with Gasteiger partial charge in [-0.15, -0.1) is 0 Å². The molecule has 0 bridgehead atoms. The molecule has 0 aliphatic heterocycles. The Morgan fingerprint density at radius 3 is 1.81 bits per heavy atom. The highest BCUT2D eigenvalue weighted by molar-refractivity contribution is 7.91. The first-order valence-electron chi connectivity index (χ1n) is 5.66. The van der Waals surface area contributed by atoms with Crippen LogP contribution in [0, 0.1) is 5.82 Å². The molecule has 2 aromatic rings. The van der Waals surface area contributed by atoms with Crippen molar-refractivity contribution >= 4 is 19.7 Å². The lowest BCUT2D eigenvalue weighted by Gasteiger charge is -1.95. The Bertz CT molecular complexity index is 803. The number of benzene rings is 1. The summed E-state index contributed by atoms with van der Waals surface area (Å²) in [5, 5.41) is 0. The molecule has 0 amide bonds. The highest BCUT2D eigenvalue weighted by atomic mass is 32.2. The second-order valence-electron chi connectivity index (χ2n) is 4.19. The molecule has 1 heterocycles. The number of halogens is 1. The van der Waals surface area contributed by atoms with Crippen molar-refractivity contribution < 1.29 is 21.2 Å². The maximum absolute atomic E-state index is 12.4. The fourth-order valence-corrected chi connectivity index (χ4v) is 2.49. The van der Waals surface area contributed by atoms with Crippen LogP contribution in [0.4, 0.5) is 4.39 Å². The van der Waals surface area contributed by atoms with E-state index < -0.39 is 25.5 Å². The van der Waals surface area contributed by atoms with E-state index in [0.29, 0.717) is 0 Å². The molecule has 0 spiro atoms. The SMILES string of the molecule is CS(=O)(=O)c1cccc(F)c1.CS(=O)(=O)c1cccnc1. The zero-order chi connectivity index (χ0) is 16.1. The Balaban J connectivity index is 0.000000211. The Morgan fingerprint density at radius 2 is 1.48 bits per heavy atom. The third-order valence-corrected chi connectivity index (χ3v) is 4.49. The molecule has 114 valence electrons. The zero-order valence-corrected chi connectivity index (χ0v) is 13.0. The molecule has 0 saturated heterocycles. The molecule has 2 rings (SSSR count). The molecule has 5 nitrogen and oxygen atoms in total. The number of hydrogen-bond donors (Lipinski definition) is 0. The lowest BCUT2D eigenvalue weighted by molar-refractivity contribution is 0.595. The van der Waals surface area contributed by atoms with Gasteiger partial charge in [0.1, 0.15) is 5.82 Å². The van der Waals surface area contributed by atoms with E-state index in [1.54, 1.807) is 6.07 Å². The van der Waals surface area contributed by atoms with E-state index >= 15 is 0 Å². The van der Waals surface area contributed by atoms with Gasteiger partial charge in [-0.2, -0.15) is 0 Å². The first kappa shape index (κ1) is 17.3. The largest absolute Gasteiger partial charge is 0.263 e. The second-order valence-corrected chi connectivity index (χ2v) is 8.22. The first-order valence-corrected chi connectivity index (χ1v) is 9.44. The Kier molecular flexibility index (Phi) is 5.56. The monoisotopic (exact) mass is 331 g/mol. The van der Waals surface area contributed by atoms with Crippen LogP contribution >= 0.6 is 0 Å². The van der Waals surface area contributed by atoms with Crippen LogP contribution in [0.25, 0.3) is 0 Å². The minimum Gasteiger partial charge on any atom is -0.263 e. The van der Waals surface area contributed by atoms with Crippen molar-refractivity contribution in [1.29, 1.82) is 0 Å². The molecule has 0 fully saturated rings. The summed E-state index contributed by atoms with van der Waals surface area (Å²) in [6.45, 7) is 0. The molecule has 8 heteroatoms. The van der Waals surface area contributed by atoms with Crippen molar-refractivity contribution in [3.8, 4) is 0 Å². The summed E-state index contributed by atoms with van der Waals surface area (Å²) in [5.41, 5.74) is 0. The zero-order valence-electron chi connectivity index (χ0n) is 11.4. The van der Waals surface area contributed by atoms with Crippen molar-refractivity contribution in [1.82, 2.24) is 4.98 Å². The smallest absolute Gasteiger partial charge is 0.177 e. The minimum atomic E-state index is -3.27. The molecule has 21 heavy (non-hydrogen) atoms. The summed E-state index contributed by atoms with van der Waals surface area (Å²) in [5.74, 6) is -0.534.